The van der Waals surface area contributed by atoms with Crippen LogP contribution in [0.4, 0.5) is 25.8 Å². The van der Waals surface area contributed by atoms with Gasteiger partial charge in [-0.2, -0.15) is 5.10 Å². The van der Waals surface area contributed by atoms with Crippen molar-refractivity contribution in [2.75, 3.05) is 10.1 Å². The number of hydrogen-bond acceptors (Lipinski definition) is 6. The lowest BCUT2D eigenvalue weighted by Gasteiger charge is -2.09. The third kappa shape index (κ3) is 5.53. The van der Waals surface area contributed by atoms with Crippen molar-refractivity contribution in [1.82, 2.24) is 0 Å². The molecule has 0 heterocycles. The van der Waals surface area contributed by atoms with E-state index in [4.69, 9.17) is 11.6 Å². The Bertz CT molecular complexity index is 1270. The van der Waals surface area contributed by atoms with E-state index in [1.165, 1.54) is 30.3 Å². The quantitative estimate of drug-likeness (QED) is 0.295. The second kappa shape index (κ2) is 9.06. The fraction of sp³-hybridized carbons (Fsp3) is 0. The highest BCUT2D eigenvalue weighted by atomic mass is 35.5. The van der Waals surface area contributed by atoms with Gasteiger partial charge in [0.15, 0.2) is 11.6 Å². The molecule has 3 aromatic carbocycles. The zero-order valence-corrected chi connectivity index (χ0v) is 17.0. The molecule has 2 N–H and O–H groups in total. The van der Waals surface area contributed by atoms with Crippen LogP contribution in [0.1, 0.15) is 5.56 Å². The number of hydrogen-bond donors (Lipinski definition) is 2. The molecule has 0 amide bonds. The Morgan fingerprint density at radius 3 is 2.35 bits per heavy atom. The molecule has 0 atom stereocenters. The fourth-order valence-electron chi connectivity index (χ4n) is 2.43. The molecular weight excluding hydrogens is 454 g/mol. The summed E-state index contributed by atoms with van der Waals surface area (Å²) in [6, 6.07) is 12.1. The maximum Gasteiger partial charge on any atom is 0.295 e. The highest BCUT2D eigenvalue weighted by molar-refractivity contribution is 7.92. The summed E-state index contributed by atoms with van der Waals surface area (Å²) >= 11 is 5.76. The van der Waals surface area contributed by atoms with Crippen LogP contribution in [0.5, 0.6) is 0 Å². The lowest BCUT2D eigenvalue weighted by atomic mass is 10.2. The number of hydrazone groups is 1. The van der Waals surface area contributed by atoms with Gasteiger partial charge < -0.3 is 0 Å². The van der Waals surface area contributed by atoms with Crippen molar-refractivity contribution in [2.45, 2.75) is 4.90 Å². The molecule has 0 aliphatic heterocycles. The number of anilines is 2. The van der Waals surface area contributed by atoms with E-state index >= 15 is 0 Å². The summed E-state index contributed by atoms with van der Waals surface area (Å²) < 4.78 is 53.6. The molecule has 0 saturated carbocycles. The summed E-state index contributed by atoms with van der Waals surface area (Å²) in [4.78, 5) is 10.3. The van der Waals surface area contributed by atoms with Crippen molar-refractivity contribution in [1.29, 1.82) is 0 Å². The van der Waals surface area contributed by atoms with Crippen molar-refractivity contribution in [3.63, 3.8) is 0 Å². The van der Waals surface area contributed by atoms with Crippen LogP contribution in [0.25, 0.3) is 0 Å². The predicted molar refractivity (Wildman–Crippen MR) is 113 cm³/mol. The number of rotatable bonds is 7. The monoisotopic (exact) mass is 466 g/mol. The van der Waals surface area contributed by atoms with E-state index in [0.717, 1.165) is 36.5 Å². The zero-order chi connectivity index (χ0) is 22.6. The summed E-state index contributed by atoms with van der Waals surface area (Å²) in [7, 11) is -4.11. The Labute approximate surface area is 180 Å². The largest absolute Gasteiger partial charge is 0.295 e. The topological polar surface area (TPSA) is 114 Å². The average molecular weight is 467 g/mol. The minimum Gasteiger partial charge on any atom is -0.280 e. The Morgan fingerprint density at radius 1 is 1.00 bits per heavy atom. The fourth-order valence-corrected chi connectivity index (χ4v) is 3.63. The van der Waals surface area contributed by atoms with Gasteiger partial charge in [0.2, 0.25) is 0 Å². The summed E-state index contributed by atoms with van der Waals surface area (Å²) in [6.45, 7) is 0. The van der Waals surface area contributed by atoms with Gasteiger partial charge in [-0.1, -0.05) is 17.7 Å². The Hall–Kier alpha value is -3.57. The van der Waals surface area contributed by atoms with Crippen molar-refractivity contribution in [3.8, 4) is 0 Å². The molecule has 31 heavy (non-hydrogen) atoms. The predicted octanol–water partition coefficient (Wildman–Crippen LogP) is 4.77. The van der Waals surface area contributed by atoms with Crippen LogP contribution in [0.3, 0.4) is 0 Å². The lowest BCUT2D eigenvalue weighted by Crippen LogP contribution is -2.13. The second-order valence-corrected chi connectivity index (χ2v) is 8.21. The molecule has 3 aromatic rings. The Morgan fingerprint density at radius 2 is 1.71 bits per heavy atom. The molecule has 0 radical (unpaired) electrons. The maximum absolute atomic E-state index is 13.2. The van der Waals surface area contributed by atoms with Crippen LogP contribution >= 0.6 is 11.6 Å². The summed E-state index contributed by atoms with van der Waals surface area (Å²) in [5.74, 6) is -2.09. The standard InChI is InChI=1S/C19H13ClF2N4O4S/c20-13-2-4-14(5-3-13)25-31(29,30)15-6-8-18(19(10-15)26(27)28)24-23-11-12-1-7-16(21)17(22)9-12/h1-11,24-25H/b23-11+. The van der Waals surface area contributed by atoms with E-state index < -0.39 is 32.3 Å². The number of nitro groups is 1. The first kappa shape index (κ1) is 22.1. The van der Waals surface area contributed by atoms with E-state index in [-0.39, 0.29) is 21.8 Å². The van der Waals surface area contributed by atoms with Crippen LogP contribution in [-0.2, 0) is 10.0 Å². The molecule has 3 rings (SSSR count). The number of halogens is 3. The summed E-state index contributed by atoms with van der Waals surface area (Å²) in [5, 5.41) is 15.6. The number of nitro benzene ring substituents is 1. The summed E-state index contributed by atoms with van der Waals surface area (Å²) in [6.07, 6.45) is 1.12. The summed E-state index contributed by atoms with van der Waals surface area (Å²) in [5.41, 5.74) is 2.17. The van der Waals surface area contributed by atoms with Crippen LogP contribution in [-0.4, -0.2) is 19.6 Å². The third-order valence-electron chi connectivity index (χ3n) is 3.91. The minimum absolute atomic E-state index is 0.103. The Kier molecular flexibility index (Phi) is 6.47. The molecule has 0 spiro atoms. The molecule has 8 nitrogen and oxygen atoms in total. The highest BCUT2D eigenvalue weighted by Crippen LogP contribution is 2.29. The molecule has 0 unspecified atom stereocenters. The molecule has 0 aliphatic carbocycles. The highest BCUT2D eigenvalue weighted by Gasteiger charge is 2.21. The van der Waals surface area contributed by atoms with Gasteiger partial charge in [0, 0.05) is 16.8 Å². The first-order valence-electron chi connectivity index (χ1n) is 8.47. The first-order valence-corrected chi connectivity index (χ1v) is 10.3. The maximum atomic E-state index is 13.2. The van der Waals surface area contributed by atoms with Crippen molar-refractivity contribution < 1.29 is 22.1 Å². The SMILES string of the molecule is O=[N+]([O-])c1cc(S(=O)(=O)Nc2ccc(Cl)cc2)ccc1N/N=C/c1ccc(F)c(F)c1. The van der Waals surface area contributed by atoms with Crippen molar-refractivity contribution >= 4 is 44.9 Å². The third-order valence-corrected chi connectivity index (χ3v) is 5.55. The number of benzene rings is 3. The van der Waals surface area contributed by atoms with Gasteiger partial charge in [0.05, 0.1) is 16.0 Å². The van der Waals surface area contributed by atoms with Gasteiger partial charge in [-0.15, -0.1) is 0 Å². The van der Waals surface area contributed by atoms with E-state index in [1.807, 2.05) is 0 Å². The van der Waals surface area contributed by atoms with Gasteiger partial charge >= 0.3 is 0 Å². The first-order chi connectivity index (χ1) is 14.7. The average Bonchev–Trinajstić information content (AvgIpc) is 2.72. The minimum atomic E-state index is -4.11. The lowest BCUT2D eigenvalue weighted by molar-refractivity contribution is -0.384. The van der Waals surface area contributed by atoms with Crippen LogP contribution in [0, 0.1) is 21.7 Å². The number of sulfonamides is 1. The van der Waals surface area contributed by atoms with Crippen LogP contribution < -0.4 is 10.1 Å². The number of nitrogens with zero attached hydrogens (tertiary/aromatic N) is 2. The second-order valence-electron chi connectivity index (χ2n) is 6.09. The number of nitrogens with one attached hydrogen (secondary N) is 2. The molecule has 0 bridgehead atoms. The molecule has 0 aliphatic rings. The molecular formula is C19H13ClF2N4O4S. The van der Waals surface area contributed by atoms with E-state index in [9.17, 15) is 27.3 Å². The van der Waals surface area contributed by atoms with E-state index in [2.05, 4.69) is 15.2 Å². The molecule has 0 aromatic heterocycles. The van der Waals surface area contributed by atoms with Gasteiger partial charge in [-0.05, 0) is 54.1 Å². The smallest absolute Gasteiger partial charge is 0.280 e. The molecule has 12 heteroatoms. The van der Waals surface area contributed by atoms with E-state index in [0.29, 0.717) is 5.02 Å². The van der Waals surface area contributed by atoms with E-state index in [1.54, 1.807) is 0 Å². The Balaban J connectivity index is 1.83. The van der Waals surface area contributed by atoms with Crippen LogP contribution in [0.2, 0.25) is 5.02 Å². The zero-order valence-electron chi connectivity index (χ0n) is 15.4. The van der Waals surface area contributed by atoms with Gasteiger partial charge in [-0.3, -0.25) is 20.3 Å². The van der Waals surface area contributed by atoms with Crippen LogP contribution in [0.15, 0.2) is 70.7 Å². The van der Waals surface area contributed by atoms with Crippen molar-refractivity contribution in [3.05, 3.63) is 93.0 Å². The molecule has 0 saturated heterocycles. The molecule has 0 fully saturated rings. The normalized spacial score (nSPS) is 11.5. The van der Waals surface area contributed by atoms with Gasteiger partial charge in [0.1, 0.15) is 5.69 Å². The van der Waals surface area contributed by atoms with Crippen molar-refractivity contribution in [2.24, 2.45) is 5.10 Å². The van der Waals surface area contributed by atoms with Gasteiger partial charge in [0.25, 0.3) is 15.7 Å². The van der Waals surface area contributed by atoms with Gasteiger partial charge in [-0.25, -0.2) is 17.2 Å². The molecule has 160 valence electrons.